The van der Waals surface area contributed by atoms with Crippen LogP contribution in [0, 0.1) is 0 Å². The van der Waals surface area contributed by atoms with Crippen LogP contribution in [0.15, 0.2) is 48.5 Å². The molecule has 0 spiro atoms. The molecule has 0 aromatic heterocycles. The molecule has 0 N–H and O–H groups in total. The van der Waals surface area contributed by atoms with E-state index < -0.39 is 0 Å². The molecule has 3 rings (SSSR count). The van der Waals surface area contributed by atoms with Crippen molar-refractivity contribution in [2.45, 2.75) is 18.9 Å². The molecule has 17 heavy (non-hydrogen) atoms. The first-order valence-electron chi connectivity index (χ1n) is 5.85. The summed E-state index contributed by atoms with van der Waals surface area (Å²) in [5.74, 6) is 0.976. The molecular formula is C15H13O2. The summed E-state index contributed by atoms with van der Waals surface area (Å²) in [6.45, 7) is 0. The minimum Gasteiger partial charge on any atom is -0.485 e. The van der Waals surface area contributed by atoms with Crippen molar-refractivity contribution in [3.8, 4) is 11.5 Å². The van der Waals surface area contributed by atoms with Crippen LogP contribution in [0.4, 0.5) is 0 Å². The summed E-state index contributed by atoms with van der Waals surface area (Å²) >= 11 is 0. The van der Waals surface area contributed by atoms with Crippen molar-refractivity contribution in [1.29, 1.82) is 0 Å². The maximum atomic E-state index is 11.8. The SMILES string of the molecule is [O]c1ccccc1C1CCc2ccccc2O1. The lowest BCUT2D eigenvalue weighted by Gasteiger charge is -2.26. The second-order valence-corrected chi connectivity index (χ2v) is 4.29. The van der Waals surface area contributed by atoms with Crippen molar-refractivity contribution in [2.24, 2.45) is 0 Å². The molecule has 1 atom stereocenters. The monoisotopic (exact) mass is 225 g/mol. The Hall–Kier alpha value is -1.96. The molecular weight excluding hydrogens is 212 g/mol. The molecule has 2 aromatic carbocycles. The van der Waals surface area contributed by atoms with Gasteiger partial charge < -0.3 is 4.74 Å². The molecule has 0 saturated heterocycles. The second-order valence-electron chi connectivity index (χ2n) is 4.29. The Bertz CT molecular complexity index is 534. The number of aryl methyl sites for hydroxylation is 1. The molecule has 1 aliphatic heterocycles. The second kappa shape index (κ2) is 4.13. The number of hydrogen-bond acceptors (Lipinski definition) is 1. The summed E-state index contributed by atoms with van der Waals surface area (Å²) in [7, 11) is 0. The van der Waals surface area contributed by atoms with Crippen molar-refractivity contribution in [3.05, 3.63) is 59.7 Å². The van der Waals surface area contributed by atoms with Gasteiger partial charge in [0.25, 0.3) is 0 Å². The molecule has 1 heterocycles. The number of hydrogen-bond donors (Lipinski definition) is 0. The fourth-order valence-corrected chi connectivity index (χ4v) is 2.29. The highest BCUT2D eigenvalue weighted by Gasteiger charge is 2.23. The first-order valence-corrected chi connectivity index (χ1v) is 5.85. The van der Waals surface area contributed by atoms with Crippen LogP contribution in [0.1, 0.15) is 23.7 Å². The van der Waals surface area contributed by atoms with Crippen LogP contribution in [0.2, 0.25) is 0 Å². The van der Waals surface area contributed by atoms with Crippen LogP contribution in [-0.4, -0.2) is 0 Å². The third kappa shape index (κ3) is 1.86. The van der Waals surface area contributed by atoms with E-state index in [0.717, 1.165) is 24.2 Å². The number of ether oxygens (including phenoxy) is 1. The molecule has 0 bridgehead atoms. The first kappa shape index (κ1) is 10.2. The first-order chi connectivity index (χ1) is 8.34. The van der Waals surface area contributed by atoms with Gasteiger partial charge in [-0.05, 0) is 30.5 Å². The van der Waals surface area contributed by atoms with E-state index in [9.17, 15) is 5.11 Å². The molecule has 1 aliphatic rings. The molecule has 0 amide bonds. The molecule has 0 fully saturated rings. The van der Waals surface area contributed by atoms with Crippen molar-refractivity contribution in [3.63, 3.8) is 0 Å². The van der Waals surface area contributed by atoms with Crippen LogP contribution in [0.5, 0.6) is 11.5 Å². The average molecular weight is 225 g/mol. The highest BCUT2D eigenvalue weighted by atomic mass is 16.5. The lowest BCUT2D eigenvalue weighted by atomic mass is 9.97. The van der Waals surface area contributed by atoms with Crippen LogP contribution >= 0.6 is 0 Å². The number of fused-ring (bicyclic) bond motifs is 1. The van der Waals surface area contributed by atoms with Crippen LogP contribution in [-0.2, 0) is 11.5 Å². The van der Waals surface area contributed by atoms with E-state index in [1.807, 2.05) is 30.3 Å². The third-order valence-corrected chi connectivity index (χ3v) is 3.18. The van der Waals surface area contributed by atoms with Crippen molar-refractivity contribution in [1.82, 2.24) is 0 Å². The fourth-order valence-electron chi connectivity index (χ4n) is 2.29. The zero-order valence-corrected chi connectivity index (χ0v) is 9.43. The summed E-state index contributed by atoms with van der Waals surface area (Å²) in [6, 6.07) is 15.1. The Kier molecular flexibility index (Phi) is 2.48. The smallest absolute Gasteiger partial charge is 0.185 e. The van der Waals surface area contributed by atoms with Gasteiger partial charge in [-0.15, -0.1) is 0 Å². The van der Waals surface area contributed by atoms with Gasteiger partial charge in [0.15, 0.2) is 5.75 Å². The van der Waals surface area contributed by atoms with Crippen molar-refractivity contribution >= 4 is 0 Å². The van der Waals surface area contributed by atoms with E-state index in [1.165, 1.54) is 5.56 Å². The summed E-state index contributed by atoms with van der Waals surface area (Å²) < 4.78 is 5.90. The predicted molar refractivity (Wildman–Crippen MR) is 64.7 cm³/mol. The van der Waals surface area contributed by atoms with Crippen molar-refractivity contribution in [2.75, 3.05) is 0 Å². The Morgan fingerprint density at radius 2 is 1.76 bits per heavy atom. The van der Waals surface area contributed by atoms with Crippen LogP contribution in [0.25, 0.3) is 0 Å². The van der Waals surface area contributed by atoms with E-state index in [-0.39, 0.29) is 11.9 Å². The molecule has 2 nitrogen and oxygen atoms in total. The van der Waals surface area contributed by atoms with Gasteiger partial charge in [-0.1, -0.05) is 36.4 Å². The lowest BCUT2D eigenvalue weighted by molar-refractivity contribution is 0.170. The van der Waals surface area contributed by atoms with Crippen LogP contribution < -0.4 is 4.74 Å². The number of rotatable bonds is 1. The molecule has 85 valence electrons. The number of para-hydroxylation sites is 2. The van der Waals surface area contributed by atoms with Gasteiger partial charge in [-0.3, -0.25) is 5.11 Å². The molecule has 2 heteroatoms. The van der Waals surface area contributed by atoms with E-state index in [4.69, 9.17) is 4.74 Å². The molecule has 0 saturated carbocycles. The van der Waals surface area contributed by atoms with Gasteiger partial charge in [0.2, 0.25) is 0 Å². The standard InChI is InChI=1S/C15H13O2/c16-13-7-3-2-6-12(13)15-10-9-11-5-1-4-8-14(11)17-15/h1-8,15H,9-10H2. The largest absolute Gasteiger partial charge is 0.485 e. The topological polar surface area (TPSA) is 29.1 Å². The van der Waals surface area contributed by atoms with Gasteiger partial charge in [0.1, 0.15) is 11.9 Å². The Morgan fingerprint density at radius 1 is 1.00 bits per heavy atom. The molecule has 1 unspecified atom stereocenters. The van der Waals surface area contributed by atoms with Gasteiger partial charge in [0.05, 0.1) is 0 Å². The van der Waals surface area contributed by atoms with Gasteiger partial charge in [-0.2, -0.15) is 0 Å². The lowest BCUT2D eigenvalue weighted by Crippen LogP contribution is -2.14. The fraction of sp³-hybridized carbons (Fsp3) is 0.200. The van der Waals surface area contributed by atoms with Gasteiger partial charge in [0, 0.05) is 5.56 Å². The Labute approximate surface area is 100 Å². The van der Waals surface area contributed by atoms with Crippen LogP contribution in [0.3, 0.4) is 0 Å². The highest BCUT2D eigenvalue weighted by Crippen LogP contribution is 2.37. The minimum atomic E-state index is -0.0985. The summed E-state index contributed by atoms with van der Waals surface area (Å²) in [4.78, 5) is 0. The highest BCUT2D eigenvalue weighted by molar-refractivity contribution is 5.39. The molecule has 0 aliphatic carbocycles. The number of benzene rings is 2. The van der Waals surface area contributed by atoms with E-state index in [0.29, 0.717) is 0 Å². The predicted octanol–water partition coefficient (Wildman–Crippen LogP) is 3.90. The third-order valence-electron chi connectivity index (χ3n) is 3.18. The summed E-state index contributed by atoms with van der Waals surface area (Å²) in [6.07, 6.45) is 1.74. The Balaban J connectivity index is 1.92. The maximum Gasteiger partial charge on any atom is 0.185 e. The van der Waals surface area contributed by atoms with E-state index >= 15 is 0 Å². The summed E-state index contributed by atoms with van der Waals surface area (Å²) in [5, 5.41) is 11.8. The summed E-state index contributed by atoms with van der Waals surface area (Å²) in [5.41, 5.74) is 1.99. The van der Waals surface area contributed by atoms with E-state index in [1.54, 1.807) is 12.1 Å². The zero-order chi connectivity index (χ0) is 11.7. The van der Waals surface area contributed by atoms with Crippen molar-refractivity contribution < 1.29 is 9.84 Å². The van der Waals surface area contributed by atoms with E-state index in [2.05, 4.69) is 6.07 Å². The minimum absolute atomic E-state index is 0.0666. The van der Waals surface area contributed by atoms with Gasteiger partial charge in [-0.25, -0.2) is 0 Å². The quantitative estimate of drug-likeness (QED) is 0.723. The maximum absolute atomic E-state index is 11.8. The van der Waals surface area contributed by atoms with Gasteiger partial charge >= 0.3 is 0 Å². The normalized spacial score (nSPS) is 18.2. The molecule has 2 aromatic rings. The molecule has 1 radical (unpaired) electrons. The zero-order valence-electron chi connectivity index (χ0n) is 9.43. The average Bonchev–Trinajstić information content (AvgIpc) is 2.39. The Morgan fingerprint density at radius 3 is 2.65 bits per heavy atom.